The normalized spacial score (nSPS) is 13.5. The summed E-state index contributed by atoms with van der Waals surface area (Å²) in [5.41, 5.74) is 4.05. The van der Waals surface area contributed by atoms with Gasteiger partial charge in [-0.1, -0.05) is 18.9 Å². The zero-order chi connectivity index (χ0) is 16.5. The van der Waals surface area contributed by atoms with Crippen molar-refractivity contribution in [1.82, 2.24) is 0 Å². The maximum Gasteiger partial charge on any atom is 0.335 e. The van der Waals surface area contributed by atoms with Gasteiger partial charge in [0.25, 0.3) is 0 Å². The second kappa shape index (κ2) is 9.32. The molecule has 0 heterocycles. The highest BCUT2D eigenvalue weighted by atomic mass is 32.2. The standard InChI is InChI=1S/C15H21NO5S/c16-13(17)8-3-1-2-4-9-14(18)22(21)12-7-5-6-11(10-12)15(19)20/h5-7,10,14,18H,1-4,8-9H2,(H2,16,17)(H,19,20). The molecule has 2 unspecified atom stereocenters. The number of rotatable bonds is 10. The summed E-state index contributed by atoms with van der Waals surface area (Å²) in [7, 11) is -1.65. The number of carbonyl (C=O) groups excluding carboxylic acids is 1. The van der Waals surface area contributed by atoms with E-state index in [0.717, 1.165) is 19.3 Å². The molecule has 0 bridgehead atoms. The van der Waals surface area contributed by atoms with Crippen molar-refractivity contribution in [3.63, 3.8) is 0 Å². The highest BCUT2D eigenvalue weighted by Crippen LogP contribution is 2.17. The third kappa shape index (κ3) is 6.36. The van der Waals surface area contributed by atoms with Crippen LogP contribution in [0.25, 0.3) is 0 Å². The molecule has 22 heavy (non-hydrogen) atoms. The molecule has 1 rings (SSSR count). The van der Waals surface area contributed by atoms with Crippen molar-refractivity contribution in [2.45, 2.75) is 48.9 Å². The predicted octanol–water partition coefficient (Wildman–Crippen LogP) is 1.64. The summed E-state index contributed by atoms with van der Waals surface area (Å²) in [4.78, 5) is 21.7. The lowest BCUT2D eigenvalue weighted by atomic mass is 10.1. The number of nitrogens with two attached hydrogens (primary N) is 1. The van der Waals surface area contributed by atoms with Crippen LogP contribution in [0.15, 0.2) is 29.2 Å². The Morgan fingerprint density at radius 3 is 2.50 bits per heavy atom. The number of hydrogen-bond donors (Lipinski definition) is 3. The van der Waals surface area contributed by atoms with Crippen LogP contribution < -0.4 is 5.73 Å². The number of amides is 1. The van der Waals surface area contributed by atoms with E-state index in [1.807, 2.05) is 0 Å². The molecule has 0 radical (unpaired) electrons. The molecule has 0 aliphatic heterocycles. The number of carboxylic acids is 1. The lowest BCUT2D eigenvalue weighted by Gasteiger charge is -2.11. The lowest BCUT2D eigenvalue weighted by Crippen LogP contribution is -2.15. The van der Waals surface area contributed by atoms with Crippen molar-refractivity contribution in [1.29, 1.82) is 0 Å². The molecule has 0 aromatic heterocycles. The molecule has 2 atom stereocenters. The number of primary amides is 1. The molecule has 7 heteroatoms. The van der Waals surface area contributed by atoms with E-state index in [0.29, 0.717) is 24.2 Å². The molecule has 1 amide bonds. The minimum Gasteiger partial charge on any atom is -0.478 e. The molecule has 6 nitrogen and oxygen atoms in total. The third-order valence-corrected chi connectivity index (χ3v) is 4.63. The number of aliphatic hydroxyl groups is 1. The molecule has 0 aliphatic carbocycles. The van der Waals surface area contributed by atoms with E-state index in [1.54, 1.807) is 6.07 Å². The first kappa shape index (κ1) is 18.3. The first-order chi connectivity index (χ1) is 10.4. The molecule has 122 valence electrons. The Morgan fingerprint density at radius 2 is 1.86 bits per heavy atom. The van der Waals surface area contributed by atoms with Crippen LogP contribution in [-0.2, 0) is 15.6 Å². The van der Waals surface area contributed by atoms with Crippen molar-refractivity contribution < 1.29 is 24.0 Å². The number of unbranched alkanes of at least 4 members (excludes halogenated alkanes) is 3. The second-order valence-corrected chi connectivity index (χ2v) is 6.61. The largest absolute Gasteiger partial charge is 0.478 e. The number of carbonyl (C=O) groups is 2. The van der Waals surface area contributed by atoms with Gasteiger partial charge in [-0.15, -0.1) is 0 Å². The minimum atomic E-state index is -1.65. The molecule has 4 N–H and O–H groups in total. The van der Waals surface area contributed by atoms with Gasteiger partial charge in [-0.25, -0.2) is 4.79 Å². The van der Waals surface area contributed by atoms with Crippen LogP contribution in [-0.4, -0.2) is 31.7 Å². The van der Waals surface area contributed by atoms with E-state index in [1.165, 1.54) is 18.2 Å². The SMILES string of the molecule is NC(=O)CCCCCCC(O)S(=O)c1cccc(C(=O)O)c1. The third-order valence-electron chi connectivity index (χ3n) is 3.18. The van der Waals surface area contributed by atoms with Gasteiger partial charge in [-0.2, -0.15) is 0 Å². The van der Waals surface area contributed by atoms with Crippen LogP contribution in [0.1, 0.15) is 48.9 Å². The van der Waals surface area contributed by atoms with Crippen LogP contribution in [0, 0.1) is 0 Å². The molecular formula is C15H21NO5S. The van der Waals surface area contributed by atoms with E-state index in [2.05, 4.69) is 0 Å². The molecule has 0 aliphatic rings. The zero-order valence-electron chi connectivity index (χ0n) is 12.2. The van der Waals surface area contributed by atoms with Gasteiger partial charge < -0.3 is 15.9 Å². The van der Waals surface area contributed by atoms with Crippen LogP contribution in [0.3, 0.4) is 0 Å². The fourth-order valence-corrected chi connectivity index (χ4v) is 3.14. The Labute approximate surface area is 131 Å². The quantitative estimate of drug-likeness (QED) is 0.565. The summed E-state index contributed by atoms with van der Waals surface area (Å²) in [5, 5.41) is 18.8. The molecule has 0 saturated heterocycles. The Hall–Kier alpha value is -1.73. The van der Waals surface area contributed by atoms with Crippen LogP contribution in [0.5, 0.6) is 0 Å². The zero-order valence-corrected chi connectivity index (χ0v) is 13.1. The van der Waals surface area contributed by atoms with Gasteiger partial charge >= 0.3 is 5.97 Å². The Bertz CT molecular complexity index is 546. The molecule has 1 aromatic carbocycles. The minimum absolute atomic E-state index is 0.0458. The number of hydrogen-bond acceptors (Lipinski definition) is 4. The number of carboxylic acid groups (broad SMARTS) is 1. The summed E-state index contributed by atoms with van der Waals surface area (Å²) in [6.07, 6.45) is 3.77. The van der Waals surface area contributed by atoms with E-state index in [9.17, 15) is 18.9 Å². The van der Waals surface area contributed by atoms with Crippen molar-refractivity contribution in [2.24, 2.45) is 5.73 Å². The topological polar surface area (TPSA) is 118 Å². The van der Waals surface area contributed by atoms with Gasteiger partial charge in [-0.05, 0) is 37.5 Å². The van der Waals surface area contributed by atoms with Gasteiger partial charge in [-0.3, -0.25) is 9.00 Å². The van der Waals surface area contributed by atoms with Gasteiger partial charge in [0.05, 0.1) is 16.4 Å². The van der Waals surface area contributed by atoms with Gasteiger partial charge in [0.15, 0.2) is 0 Å². The number of benzene rings is 1. The maximum atomic E-state index is 12.1. The van der Waals surface area contributed by atoms with E-state index in [4.69, 9.17) is 10.8 Å². The molecule has 0 spiro atoms. The summed E-state index contributed by atoms with van der Waals surface area (Å²) >= 11 is 0. The average molecular weight is 327 g/mol. The van der Waals surface area contributed by atoms with E-state index in [-0.39, 0.29) is 11.5 Å². The van der Waals surface area contributed by atoms with Crippen molar-refractivity contribution in [3.8, 4) is 0 Å². The van der Waals surface area contributed by atoms with Gasteiger partial charge in [0.1, 0.15) is 5.44 Å². The van der Waals surface area contributed by atoms with Crippen molar-refractivity contribution >= 4 is 22.7 Å². The number of aromatic carboxylic acids is 1. The highest BCUT2D eigenvalue weighted by Gasteiger charge is 2.16. The Balaban J connectivity index is 2.40. The predicted molar refractivity (Wildman–Crippen MR) is 82.7 cm³/mol. The van der Waals surface area contributed by atoms with Crippen molar-refractivity contribution in [2.75, 3.05) is 0 Å². The number of aliphatic hydroxyl groups excluding tert-OH is 1. The summed E-state index contributed by atoms with van der Waals surface area (Å²) < 4.78 is 12.1. The first-order valence-electron chi connectivity index (χ1n) is 7.12. The van der Waals surface area contributed by atoms with Crippen LogP contribution >= 0.6 is 0 Å². The second-order valence-electron chi connectivity index (χ2n) is 5.00. The lowest BCUT2D eigenvalue weighted by molar-refractivity contribution is -0.118. The van der Waals surface area contributed by atoms with Crippen molar-refractivity contribution in [3.05, 3.63) is 29.8 Å². The summed E-state index contributed by atoms with van der Waals surface area (Å²) in [6.45, 7) is 0. The smallest absolute Gasteiger partial charge is 0.335 e. The van der Waals surface area contributed by atoms with E-state index >= 15 is 0 Å². The van der Waals surface area contributed by atoms with E-state index < -0.39 is 22.2 Å². The van der Waals surface area contributed by atoms with Crippen LogP contribution in [0.2, 0.25) is 0 Å². The molecule has 0 fully saturated rings. The Morgan fingerprint density at radius 1 is 1.18 bits per heavy atom. The first-order valence-corrected chi connectivity index (χ1v) is 8.33. The fraction of sp³-hybridized carbons (Fsp3) is 0.467. The monoisotopic (exact) mass is 327 g/mol. The fourth-order valence-electron chi connectivity index (χ4n) is 1.99. The van der Waals surface area contributed by atoms with Gasteiger partial charge in [0.2, 0.25) is 5.91 Å². The molecule has 1 aromatic rings. The van der Waals surface area contributed by atoms with Crippen LogP contribution in [0.4, 0.5) is 0 Å². The summed E-state index contributed by atoms with van der Waals surface area (Å²) in [5.74, 6) is -1.41. The maximum absolute atomic E-state index is 12.1. The summed E-state index contributed by atoms with van der Waals surface area (Å²) in [6, 6.07) is 5.77. The highest BCUT2D eigenvalue weighted by molar-refractivity contribution is 7.85. The molecule has 0 saturated carbocycles. The molecular weight excluding hydrogens is 306 g/mol. The average Bonchev–Trinajstić information content (AvgIpc) is 2.49. The Kier molecular flexibility index (Phi) is 7.76. The van der Waals surface area contributed by atoms with Gasteiger partial charge in [0, 0.05) is 11.3 Å².